The van der Waals surface area contributed by atoms with E-state index < -0.39 is 0 Å². The molecule has 0 bridgehead atoms. The fourth-order valence-corrected chi connectivity index (χ4v) is 3.50. The number of aliphatic hydroxyl groups excluding tert-OH is 1. The summed E-state index contributed by atoms with van der Waals surface area (Å²) in [6, 6.07) is 0.969. The number of piperidine rings is 1. The molecule has 0 aliphatic carbocycles. The summed E-state index contributed by atoms with van der Waals surface area (Å²) in [5.74, 6) is 0.771. The van der Waals surface area contributed by atoms with Gasteiger partial charge in [-0.05, 0) is 32.2 Å². The Hall–Kier alpha value is -0.910. The van der Waals surface area contributed by atoms with E-state index in [0.29, 0.717) is 23.7 Å². The Kier molecular flexibility index (Phi) is 4.38. The minimum absolute atomic E-state index is 0.292. The Balaban J connectivity index is 1.58. The molecule has 1 atom stereocenters. The summed E-state index contributed by atoms with van der Waals surface area (Å²) in [5, 5.41) is 10.0. The molecule has 2 aliphatic heterocycles. The van der Waals surface area contributed by atoms with E-state index in [4.69, 9.17) is 11.6 Å². The highest BCUT2D eigenvalue weighted by atomic mass is 35.5. The van der Waals surface area contributed by atoms with Crippen molar-refractivity contribution in [2.24, 2.45) is 0 Å². The first kappa shape index (κ1) is 14.0. The van der Waals surface area contributed by atoms with Gasteiger partial charge in [-0.1, -0.05) is 11.6 Å². The van der Waals surface area contributed by atoms with Gasteiger partial charge < -0.3 is 10.0 Å². The number of nitrogens with zero attached hydrogens (tertiary/aromatic N) is 4. The van der Waals surface area contributed by atoms with Crippen molar-refractivity contribution < 1.29 is 5.11 Å². The van der Waals surface area contributed by atoms with Gasteiger partial charge in [-0.2, -0.15) is 0 Å². The average Bonchev–Trinajstić information content (AvgIpc) is 2.97. The van der Waals surface area contributed by atoms with Gasteiger partial charge in [0.05, 0.1) is 24.0 Å². The maximum atomic E-state index is 9.44. The number of hydrogen-bond donors (Lipinski definition) is 1. The highest BCUT2D eigenvalue weighted by Gasteiger charge is 2.32. The number of halogens is 1. The number of likely N-dealkylation sites (tertiary alicyclic amines) is 1. The Labute approximate surface area is 124 Å². The number of anilines is 1. The first-order valence-corrected chi connectivity index (χ1v) is 7.75. The quantitative estimate of drug-likeness (QED) is 0.917. The lowest BCUT2D eigenvalue weighted by Gasteiger charge is -2.39. The van der Waals surface area contributed by atoms with Crippen molar-refractivity contribution >= 4 is 17.5 Å². The van der Waals surface area contributed by atoms with Crippen LogP contribution in [0, 0.1) is 0 Å². The molecule has 1 N–H and O–H groups in total. The largest absolute Gasteiger partial charge is 0.395 e. The Morgan fingerprint density at radius 3 is 2.50 bits per heavy atom. The van der Waals surface area contributed by atoms with Crippen LogP contribution in [-0.2, 0) is 0 Å². The van der Waals surface area contributed by atoms with E-state index >= 15 is 0 Å². The molecule has 20 heavy (non-hydrogen) atoms. The average molecular weight is 297 g/mol. The molecule has 2 aliphatic rings. The van der Waals surface area contributed by atoms with Crippen LogP contribution in [0.3, 0.4) is 0 Å². The van der Waals surface area contributed by atoms with Crippen LogP contribution in [0.25, 0.3) is 0 Å². The molecule has 0 aromatic carbocycles. The lowest BCUT2D eigenvalue weighted by atomic mass is 10.0. The van der Waals surface area contributed by atoms with Gasteiger partial charge in [-0.3, -0.25) is 4.90 Å². The van der Waals surface area contributed by atoms with E-state index in [1.165, 1.54) is 6.42 Å². The first-order chi connectivity index (χ1) is 9.78. The van der Waals surface area contributed by atoms with E-state index in [9.17, 15) is 5.11 Å². The summed E-state index contributed by atoms with van der Waals surface area (Å²) in [6.45, 7) is 3.37. The normalized spacial score (nSPS) is 25.3. The highest BCUT2D eigenvalue weighted by molar-refractivity contribution is 6.30. The lowest BCUT2D eigenvalue weighted by Crippen LogP contribution is -2.48. The maximum Gasteiger partial charge on any atom is 0.225 e. The predicted octanol–water partition coefficient (Wildman–Crippen LogP) is 1.56. The standard InChI is InChI=1S/C14H21ClN4O/c15-11-8-16-14(17-9-11)18-6-3-12(4-7-18)19-5-1-2-13(19)10-20/h8-9,12-13,20H,1-7,10H2. The van der Waals surface area contributed by atoms with Crippen LogP contribution in [0.5, 0.6) is 0 Å². The second-order valence-corrected chi connectivity index (χ2v) is 6.07. The van der Waals surface area contributed by atoms with Crippen LogP contribution in [0.2, 0.25) is 5.02 Å². The molecule has 2 fully saturated rings. The third-order valence-electron chi connectivity index (χ3n) is 4.46. The molecule has 0 amide bonds. The minimum Gasteiger partial charge on any atom is -0.395 e. The molecule has 1 aromatic heterocycles. The van der Waals surface area contributed by atoms with Gasteiger partial charge in [-0.25, -0.2) is 9.97 Å². The number of aliphatic hydroxyl groups is 1. The summed E-state index contributed by atoms with van der Waals surface area (Å²) < 4.78 is 0. The Morgan fingerprint density at radius 1 is 1.15 bits per heavy atom. The van der Waals surface area contributed by atoms with Gasteiger partial charge in [0.25, 0.3) is 0 Å². The van der Waals surface area contributed by atoms with Crippen LogP contribution >= 0.6 is 11.6 Å². The molecule has 1 aromatic rings. The zero-order chi connectivity index (χ0) is 13.9. The van der Waals surface area contributed by atoms with Crippen molar-refractivity contribution in [3.63, 3.8) is 0 Å². The third-order valence-corrected chi connectivity index (χ3v) is 4.65. The summed E-state index contributed by atoms with van der Waals surface area (Å²) >= 11 is 5.82. The third kappa shape index (κ3) is 2.90. The fraction of sp³-hybridized carbons (Fsp3) is 0.714. The van der Waals surface area contributed by atoms with Crippen molar-refractivity contribution in [2.45, 2.75) is 37.8 Å². The topological polar surface area (TPSA) is 52.5 Å². The smallest absolute Gasteiger partial charge is 0.225 e. The van der Waals surface area contributed by atoms with Gasteiger partial charge in [-0.15, -0.1) is 0 Å². The van der Waals surface area contributed by atoms with E-state index in [1.807, 2.05) is 0 Å². The monoisotopic (exact) mass is 296 g/mol. The van der Waals surface area contributed by atoms with Gasteiger partial charge in [0, 0.05) is 25.2 Å². The molecular weight excluding hydrogens is 276 g/mol. The molecular formula is C14H21ClN4O. The minimum atomic E-state index is 0.292. The second-order valence-electron chi connectivity index (χ2n) is 5.64. The second kappa shape index (κ2) is 6.24. The molecule has 110 valence electrons. The van der Waals surface area contributed by atoms with Crippen LogP contribution in [-0.4, -0.2) is 58.3 Å². The SMILES string of the molecule is OCC1CCCN1C1CCN(c2ncc(Cl)cn2)CC1. The van der Waals surface area contributed by atoms with Gasteiger partial charge in [0.15, 0.2) is 0 Å². The number of hydrogen-bond acceptors (Lipinski definition) is 5. The van der Waals surface area contributed by atoms with Crippen LogP contribution in [0.4, 0.5) is 5.95 Å². The Morgan fingerprint density at radius 2 is 1.85 bits per heavy atom. The maximum absolute atomic E-state index is 9.44. The summed E-state index contributed by atoms with van der Waals surface area (Å²) in [7, 11) is 0. The van der Waals surface area contributed by atoms with Crippen molar-refractivity contribution in [3.05, 3.63) is 17.4 Å². The van der Waals surface area contributed by atoms with E-state index in [2.05, 4.69) is 19.8 Å². The first-order valence-electron chi connectivity index (χ1n) is 7.37. The molecule has 6 heteroatoms. The van der Waals surface area contributed by atoms with Crippen molar-refractivity contribution in [1.29, 1.82) is 0 Å². The highest BCUT2D eigenvalue weighted by Crippen LogP contribution is 2.26. The molecule has 0 radical (unpaired) electrons. The molecule has 0 saturated carbocycles. The van der Waals surface area contributed by atoms with Crippen LogP contribution < -0.4 is 4.90 Å². The lowest BCUT2D eigenvalue weighted by molar-refractivity contribution is 0.105. The fourth-order valence-electron chi connectivity index (χ4n) is 3.40. The van der Waals surface area contributed by atoms with Crippen molar-refractivity contribution in [2.75, 3.05) is 31.1 Å². The molecule has 3 heterocycles. The van der Waals surface area contributed by atoms with E-state index in [1.54, 1.807) is 12.4 Å². The van der Waals surface area contributed by atoms with Crippen molar-refractivity contribution in [1.82, 2.24) is 14.9 Å². The van der Waals surface area contributed by atoms with E-state index in [0.717, 1.165) is 44.8 Å². The molecule has 2 saturated heterocycles. The number of rotatable bonds is 3. The van der Waals surface area contributed by atoms with Gasteiger partial charge in [0.2, 0.25) is 5.95 Å². The zero-order valence-electron chi connectivity index (χ0n) is 11.6. The number of aromatic nitrogens is 2. The molecule has 3 rings (SSSR count). The predicted molar refractivity (Wildman–Crippen MR) is 79.1 cm³/mol. The summed E-state index contributed by atoms with van der Waals surface area (Å²) in [4.78, 5) is 13.3. The van der Waals surface area contributed by atoms with Gasteiger partial charge in [0.1, 0.15) is 0 Å². The molecule has 5 nitrogen and oxygen atoms in total. The van der Waals surface area contributed by atoms with Crippen LogP contribution in [0.15, 0.2) is 12.4 Å². The summed E-state index contributed by atoms with van der Waals surface area (Å²) in [5.41, 5.74) is 0. The van der Waals surface area contributed by atoms with Gasteiger partial charge >= 0.3 is 0 Å². The molecule has 0 spiro atoms. The zero-order valence-corrected chi connectivity index (χ0v) is 12.3. The summed E-state index contributed by atoms with van der Waals surface area (Å²) in [6.07, 6.45) is 7.88. The molecule has 1 unspecified atom stereocenters. The van der Waals surface area contributed by atoms with E-state index in [-0.39, 0.29) is 0 Å². The Bertz CT molecular complexity index is 433. The van der Waals surface area contributed by atoms with Crippen LogP contribution in [0.1, 0.15) is 25.7 Å². The van der Waals surface area contributed by atoms with Crippen molar-refractivity contribution in [3.8, 4) is 0 Å².